The van der Waals surface area contributed by atoms with E-state index in [1.807, 2.05) is 38.1 Å². The van der Waals surface area contributed by atoms with Crippen LogP contribution >= 0.6 is 0 Å². The quantitative estimate of drug-likeness (QED) is 0.655. The van der Waals surface area contributed by atoms with Crippen LogP contribution in [0.3, 0.4) is 0 Å². The fraction of sp³-hybridized carbons (Fsp3) is 0.286. The van der Waals surface area contributed by atoms with Gasteiger partial charge in [0.05, 0.1) is 12.7 Å². The van der Waals surface area contributed by atoms with Crippen LogP contribution in [0.5, 0.6) is 5.75 Å². The SMILES string of the molecule is CC(C)OCc1ccccc1CNC(=O)/C=C/c1ccccc1OC(F)F. The van der Waals surface area contributed by atoms with Crippen LogP contribution in [-0.2, 0) is 22.7 Å². The Bertz CT molecular complexity index is 776. The molecule has 0 aliphatic heterocycles. The Hall–Kier alpha value is -2.73. The third-order valence-electron chi connectivity index (χ3n) is 3.69. The van der Waals surface area contributed by atoms with Crippen LogP contribution in [0.4, 0.5) is 8.78 Å². The van der Waals surface area contributed by atoms with Crippen molar-refractivity contribution in [1.29, 1.82) is 0 Å². The fourth-order valence-corrected chi connectivity index (χ4v) is 2.36. The molecule has 4 nitrogen and oxygen atoms in total. The average molecular weight is 375 g/mol. The summed E-state index contributed by atoms with van der Waals surface area (Å²) in [6.07, 6.45) is 2.85. The van der Waals surface area contributed by atoms with Gasteiger partial charge in [-0.3, -0.25) is 4.79 Å². The minimum atomic E-state index is -2.92. The molecule has 2 aromatic carbocycles. The molecule has 6 heteroatoms. The van der Waals surface area contributed by atoms with Gasteiger partial charge < -0.3 is 14.8 Å². The van der Waals surface area contributed by atoms with Crippen molar-refractivity contribution in [3.63, 3.8) is 0 Å². The summed E-state index contributed by atoms with van der Waals surface area (Å²) in [5.74, 6) is -0.311. The van der Waals surface area contributed by atoms with E-state index < -0.39 is 6.61 Å². The Kier molecular flexibility index (Phi) is 7.95. The first-order valence-electron chi connectivity index (χ1n) is 8.64. The molecule has 0 aromatic heterocycles. The maximum absolute atomic E-state index is 12.4. The van der Waals surface area contributed by atoms with Gasteiger partial charge in [-0.25, -0.2) is 0 Å². The summed E-state index contributed by atoms with van der Waals surface area (Å²) in [6.45, 7) is 1.82. The van der Waals surface area contributed by atoms with Gasteiger partial charge in [0.25, 0.3) is 0 Å². The van der Waals surface area contributed by atoms with Gasteiger partial charge in [0, 0.05) is 18.2 Å². The molecule has 144 valence electrons. The van der Waals surface area contributed by atoms with E-state index in [1.165, 1.54) is 18.2 Å². The third-order valence-corrected chi connectivity index (χ3v) is 3.69. The highest BCUT2D eigenvalue weighted by Crippen LogP contribution is 2.21. The Morgan fingerprint density at radius 3 is 2.44 bits per heavy atom. The first kappa shape index (κ1) is 20.6. The maximum Gasteiger partial charge on any atom is 0.387 e. The van der Waals surface area contributed by atoms with Crippen molar-refractivity contribution in [2.75, 3.05) is 0 Å². The van der Waals surface area contributed by atoms with E-state index in [2.05, 4.69) is 10.1 Å². The van der Waals surface area contributed by atoms with E-state index in [1.54, 1.807) is 18.2 Å². The third kappa shape index (κ3) is 7.19. The molecular formula is C21H23F2NO3. The number of hydrogen-bond acceptors (Lipinski definition) is 3. The predicted molar refractivity (Wildman–Crippen MR) is 100 cm³/mol. The van der Waals surface area contributed by atoms with Gasteiger partial charge in [-0.1, -0.05) is 42.5 Å². The van der Waals surface area contributed by atoms with Crippen LogP contribution in [0, 0.1) is 0 Å². The van der Waals surface area contributed by atoms with Crippen molar-refractivity contribution in [3.05, 3.63) is 71.3 Å². The monoisotopic (exact) mass is 375 g/mol. The lowest BCUT2D eigenvalue weighted by Crippen LogP contribution is -2.21. The van der Waals surface area contributed by atoms with Crippen molar-refractivity contribution in [2.45, 2.75) is 39.7 Å². The van der Waals surface area contributed by atoms with Crippen molar-refractivity contribution in [3.8, 4) is 5.75 Å². The van der Waals surface area contributed by atoms with Crippen molar-refractivity contribution in [1.82, 2.24) is 5.32 Å². The summed E-state index contributed by atoms with van der Waals surface area (Å²) < 4.78 is 34.9. The number of benzene rings is 2. The van der Waals surface area contributed by atoms with Gasteiger partial charge in [-0.15, -0.1) is 0 Å². The molecule has 0 atom stereocenters. The van der Waals surface area contributed by atoms with Crippen LogP contribution in [0.1, 0.15) is 30.5 Å². The number of amides is 1. The summed E-state index contributed by atoms with van der Waals surface area (Å²) in [4.78, 5) is 12.1. The molecule has 0 heterocycles. The van der Waals surface area contributed by atoms with Crippen LogP contribution in [0.2, 0.25) is 0 Å². The van der Waals surface area contributed by atoms with Crippen LogP contribution in [-0.4, -0.2) is 18.6 Å². The topological polar surface area (TPSA) is 47.6 Å². The van der Waals surface area contributed by atoms with Gasteiger partial charge in [0.1, 0.15) is 5.75 Å². The minimum Gasteiger partial charge on any atom is -0.434 e. The van der Waals surface area contributed by atoms with Crippen molar-refractivity contribution in [2.24, 2.45) is 0 Å². The largest absolute Gasteiger partial charge is 0.434 e. The Labute approximate surface area is 157 Å². The molecule has 0 radical (unpaired) electrons. The summed E-state index contributed by atoms with van der Waals surface area (Å²) in [5, 5.41) is 2.79. The zero-order valence-corrected chi connectivity index (χ0v) is 15.3. The molecule has 0 aliphatic rings. The van der Waals surface area contributed by atoms with Crippen molar-refractivity contribution < 1.29 is 23.0 Å². The van der Waals surface area contributed by atoms with Gasteiger partial charge in [0.2, 0.25) is 5.91 Å². The smallest absolute Gasteiger partial charge is 0.387 e. The zero-order chi connectivity index (χ0) is 19.6. The molecule has 1 amide bonds. The first-order valence-corrected chi connectivity index (χ1v) is 8.64. The number of nitrogens with one attached hydrogen (secondary N) is 1. The molecule has 0 saturated carbocycles. The molecule has 0 saturated heterocycles. The minimum absolute atomic E-state index is 0.0210. The summed E-state index contributed by atoms with van der Waals surface area (Å²) >= 11 is 0. The summed E-state index contributed by atoms with van der Waals surface area (Å²) in [7, 11) is 0. The predicted octanol–water partition coefficient (Wildman–Crippen LogP) is 4.54. The van der Waals surface area contributed by atoms with Crippen LogP contribution in [0.25, 0.3) is 6.08 Å². The highest BCUT2D eigenvalue weighted by molar-refractivity contribution is 5.92. The number of hydrogen-bond donors (Lipinski definition) is 1. The molecule has 2 rings (SSSR count). The van der Waals surface area contributed by atoms with Gasteiger partial charge in [-0.05, 0) is 37.1 Å². The second-order valence-electron chi connectivity index (χ2n) is 6.10. The van der Waals surface area contributed by atoms with Gasteiger partial charge in [-0.2, -0.15) is 8.78 Å². The second kappa shape index (κ2) is 10.4. The van der Waals surface area contributed by atoms with E-state index in [4.69, 9.17) is 4.74 Å². The highest BCUT2D eigenvalue weighted by Gasteiger charge is 2.08. The fourth-order valence-electron chi connectivity index (χ4n) is 2.36. The first-order chi connectivity index (χ1) is 13.0. The van der Waals surface area contributed by atoms with E-state index in [9.17, 15) is 13.6 Å². The Balaban J connectivity index is 1.96. The lowest BCUT2D eigenvalue weighted by molar-refractivity contribution is -0.116. The molecule has 0 spiro atoms. The second-order valence-corrected chi connectivity index (χ2v) is 6.10. The van der Waals surface area contributed by atoms with Gasteiger partial charge >= 0.3 is 6.61 Å². The molecule has 27 heavy (non-hydrogen) atoms. The lowest BCUT2D eigenvalue weighted by Gasteiger charge is -2.12. The van der Waals surface area contributed by atoms with Crippen LogP contribution in [0.15, 0.2) is 54.6 Å². The Morgan fingerprint density at radius 2 is 1.74 bits per heavy atom. The Morgan fingerprint density at radius 1 is 1.07 bits per heavy atom. The number of carbonyl (C=O) groups is 1. The average Bonchev–Trinajstić information content (AvgIpc) is 2.64. The molecule has 1 N–H and O–H groups in total. The molecule has 0 fully saturated rings. The van der Waals surface area contributed by atoms with Gasteiger partial charge in [0.15, 0.2) is 0 Å². The number of carbonyl (C=O) groups excluding carboxylic acids is 1. The molecular weight excluding hydrogens is 352 g/mol. The lowest BCUT2D eigenvalue weighted by atomic mass is 10.1. The maximum atomic E-state index is 12.4. The number of para-hydroxylation sites is 1. The van der Waals surface area contributed by atoms with E-state index >= 15 is 0 Å². The standard InChI is InChI=1S/C21H23F2NO3/c1-15(2)26-14-18-9-4-3-8-17(18)13-24-20(25)12-11-16-7-5-6-10-19(16)27-21(22)23/h3-12,15,21H,13-14H2,1-2H3,(H,24,25)/b12-11+. The molecule has 0 aliphatic carbocycles. The van der Waals surface area contributed by atoms with E-state index in [0.717, 1.165) is 11.1 Å². The summed E-state index contributed by atoms with van der Waals surface area (Å²) in [6, 6.07) is 14.0. The number of halogens is 2. The zero-order valence-electron chi connectivity index (χ0n) is 15.3. The number of alkyl halides is 2. The molecule has 0 unspecified atom stereocenters. The van der Waals surface area contributed by atoms with E-state index in [-0.39, 0.29) is 17.8 Å². The number of ether oxygens (including phenoxy) is 2. The highest BCUT2D eigenvalue weighted by atomic mass is 19.3. The summed E-state index contributed by atoms with van der Waals surface area (Å²) in [5.41, 5.74) is 2.37. The normalized spacial score (nSPS) is 11.3. The molecule has 0 bridgehead atoms. The van der Waals surface area contributed by atoms with Crippen molar-refractivity contribution >= 4 is 12.0 Å². The van der Waals surface area contributed by atoms with E-state index in [0.29, 0.717) is 18.7 Å². The molecule has 2 aromatic rings. The number of rotatable bonds is 9. The van der Waals surface area contributed by atoms with Crippen LogP contribution < -0.4 is 10.1 Å².